The van der Waals surface area contributed by atoms with E-state index in [0.29, 0.717) is 0 Å². The van der Waals surface area contributed by atoms with Gasteiger partial charge >= 0.3 is 0 Å². The summed E-state index contributed by atoms with van der Waals surface area (Å²) in [6.07, 6.45) is 5.51. The summed E-state index contributed by atoms with van der Waals surface area (Å²) in [6.45, 7) is 1.21. The van der Waals surface area contributed by atoms with Crippen LogP contribution in [-0.2, 0) is 0 Å². The Morgan fingerprint density at radius 2 is 1.88 bits per heavy atom. The highest BCUT2D eigenvalue weighted by Crippen LogP contribution is 2.42. The van der Waals surface area contributed by atoms with Crippen molar-refractivity contribution >= 4 is 0 Å². The Morgan fingerprint density at radius 1 is 1.12 bits per heavy atom. The van der Waals surface area contributed by atoms with E-state index in [4.69, 9.17) is 4.74 Å². The number of benzene rings is 1. The van der Waals surface area contributed by atoms with Crippen LogP contribution in [0.25, 0.3) is 0 Å². The molecule has 2 aliphatic rings. The normalized spacial score (nSPS) is 27.6. The first kappa shape index (κ1) is 11.1. The molecule has 0 bridgehead atoms. The van der Waals surface area contributed by atoms with Crippen LogP contribution >= 0.6 is 0 Å². The monoisotopic (exact) mass is 231 g/mol. The van der Waals surface area contributed by atoms with Gasteiger partial charge in [0.1, 0.15) is 5.75 Å². The zero-order chi connectivity index (χ0) is 11.7. The maximum Gasteiger partial charge on any atom is 0.118 e. The number of nitrogens with one attached hydrogen (secondary N) is 1. The van der Waals surface area contributed by atoms with Crippen molar-refractivity contribution in [3.05, 3.63) is 29.8 Å². The Morgan fingerprint density at radius 3 is 2.41 bits per heavy atom. The molecule has 0 radical (unpaired) electrons. The highest BCUT2D eigenvalue weighted by Gasteiger charge is 2.33. The van der Waals surface area contributed by atoms with Crippen molar-refractivity contribution in [2.24, 2.45) is 5.92 Å². The van der Waals surface area contributed by atoms with Crippen molar-refractivity contribution in [1.82, 2.24) is 5.32 Å². The molecule has 17 heavy (non-hydrogen) atoms. The molecule has 0 saturated heterocycles. The van der Waals surface area contributed by atoms with E-state index < -0.39 is 0 Å². The fourth-order valence-electron chi connectivity index (χ4n) is 2.71. The molecule has 2 nitrogen and oxygen atoms in total. The lowest BCUT2D eigenvalue weighted by molar-refractivity contribution is 0.245. The van der Waals surface area contributed by atoms with Crippen LogP contribution in [0.15, 0.2) is 24.3 Å². The molecule has 92 valence electrons. The van der Waals surface area contributed by atoms with Crippen LogP contribution in [0.1, 0.15) is 37.2 Å². The van der Waals surface area contributed by atoms with E-state index in [1.165, 1.54) is 37.8 Å². The highest BCUT2D eigenvalue weighted by molar-refractivity contribution is 5.31. The molecular weight excluding hydrogens is 210 g/mol. The van der Waals surface area contributed by atoms with E-state index in [-0.39, 0.29) is 0 Å². The van der Waals surface area contributed by atoms with Gasteiger partial charge in [-0.2, -0.15) is 0 Å². The molecule has 0 spiro atoms. The molecule has 2 atom stereocenters. The van der Waals surface area contributed by atoms with E-state index in [0.717, 1.165) is 23.6 Å². The second-order valence-corrected chi connectivity index (χ2v) is 5.40. The minimum absolute atomic E-state index is 0.771. The third kappa shape index (κ3) is 2.47. The topological polar surface area (TPSA) is 21.3 Å². The first-order valence-corrected chi connectivity index (χ1v) is 6.74. The molecule has 2 fully saturated rings. The third-order valence-electron chi connectivity index (χ3n) is 4.21. The highest BCUT2D eigenvalue weighted by atomic mass is 16.5. The zero-order valence-corrected chi connectivity index (χ0v) is 10.5. The van der Waals surface area contributed by atoms with Gasteiger partial charge in [-0.25, -0.2) is 0 Å². The predicted octanol–water partition coefficient (Wildman–Crippen LogP) is 2.94. The molecule has 0 aromatic heterocycles. The van der Waals surface area contributed by atoms with Gasteiger partial charge in [0.15, 0.2) is 0 Å². The van der Waals surface area contributed by atoms with Gasteiger partial charge in [0.25, 0.3) is 0 Å². The molecule has 0 amide bonds. The summed E-state index contributed by atoms with van der Waals surface area (Å²) in [5.74, 6) is 2.58. The van der Waals surface area contributed by atoms with Crippen molar-refractivity contribution in [2.45, 2.75) is 37.6 Å². The largest absolute Gasteiger partial charge is 0.497 e. The lowest BCUT2D eigenvalue weighted by Crippen LogP contribution is -2.34. The maximum absolute atomic E-state index is 5.20. The molecule has 3 rings (SSSR count). The number of hydrogen-bond acceptors (Lipinski definition) is 2. The summed E-state index contributed by atoms with van der Waals surface area (Å²) < 4.78 is 5.20. The molecule has 2 heteroatoms. The van der Waals surface area contributed by atoms with Crippen LogP contribution in [0.2, 0.25) is 0 Å². The van der Waals surface area contributed by atoms with Gasteiger partial charge in [-0.3, -0.25) is 0 Å². The van der Waals surface area contributed by atoms with Gasteiger partial charge in [0.05, 0.1) is 7.11 Å². The quantitative estimate of drug-likeness (QED) is 0.841. The fourth-order valence-corrected chi connectivity index (χ4v) is 2.71. The standard InChI is InChI=1S/C15H21NO/c1-17-14-7-2-11(3-8-14)15-9-4-12(15)10-16-13-5-6-13/h2-3,7-8,12-13,15-16H,4-6,9-10H2,1H3. The van der Waals surface area contributed by atoms with Crippen molar-refractivity contribution in [1.29, 1.82) is 0 Å². The van der Waals surface area contributed by atoms with Crippen LogP contribution in [0.5, 0.6) is 5.75 Å². The minimum atomic E-state index is 0.771. The van der Waals surface area contributed by atoms with Crippen LogP contribution in [0, 0.1) is 5.92 Å². The van der Waals surface area contributed by atoms with Crippen LogP contribution in [-0.4, -0.2) is 19.7 Å². The minimum Gasteiger partial charge on any atom is -0.497 e. The molecular formula is C15H21NO. The second-order valence-electron chi connectivity index (χ2n) is 5.40. The lowest BCUT2D eigenvalue weighted by atomic mass is 9.70. The predicted molar refractivity (Wildman–Crippen MR) is 69.5 cm³/mol. The number of ether oxygens (including phenoxy) is 1. The summed E-state index contributed by atoms with van der Waals surface area (Å²) in [4.78, 5) is 0. The van der Waals surface area contributed by atoms with Gasteiger partial charge in [0.2, 0.25) is 0 Å². The molecule has 1 N–H and O–H groups in total. The SMILES string of the molecule is COc1ccc(C2CCC2CNC2CC2)cc1. The summed E-state index contributed by atoms with van der Waals surface area (Å²) in [6, 6.07) is 9.46. The van der Waals surface area contributed by atoms with Crippen molar-refractivity contribution in [2.75, 3.05) is 13.7 Å². The Balaban J connectivity index is 1.58. The van der Waals surface area contributed by atoms with Crippen LogP contribution < -0.4 is 10.1 Å². The van der Waals surface area contributed by atoms with E-state index in [9.17, 15) is 0 Å². The van der Waals surface area contributed by atoms with Gasteiger partial charge in [-0.1, -0.05) is 12.1 Å². The Bertz CT molecular complexity index is 369. The average Bonchev–Trinajstić information content (AvgIpc) is 3.13. The fraction of sp³-hybridized carbons (Fsp3) is 0.600. The summed E-state index contributed by atoms with van der Waals surface area (Å²) >= 11 is 0. The van der Waals surface area contributed by atoms with E-state index >= 15 is 0 Å². The first-order chi connectivity index (χ1) is 8.36. The number of rotatable bonds is 5. The smallest absolute Gasteiger partial charge is 0.118 e. The Kier molecular flexibility index (Phi) is 3.06. The molecule has 0 aliphatic heterocycles. The second kappa shape index (κ2) is 4.69. The summed E-state index contributed by atoms with van der Waals surface area (Å²) in [5.41, 5.74) is 1.49. The van der Waals surface area contributed by atoms with E-state index in [1.807, 2.05) is 0 Å². The van der Waals surface area contributed by atoms with Gasteiger partial charge in [-0.05, 0) is 61.8 Å². The van der Waals surface area contributed by atoms with Crippen LogP contribution in [0.4, 0.5) is 0 Å². The molecule has 1 aromatic carbocycles. The third-order valence-corrected chi connectivity index (χ3v) is 4.21. The number of hydrogen-bond donors (Lipinski definition) is 1. The van der Waals surface area contributed by atoms with E-state index in [1.54, 1.807) is 7.11 Å². The maximum atomic E-state index is 5.20. The van der Waals surface area contributed by atoms with Gasteiger partial charge < -0.3 is 10.1 Å². The molecule has 2 unspecified atom stereocenters. The summed E-state index contributed by atoms with van der Waals surface area (Å²) in [7, 11) is 1.72. The number of methoxy groups -OCH3 is 1. The van der Waals surface area contributed by atoms with Crippen molar-refractivity contribution in [3.63, 3.8) is 0 Å². The molecule has 2 saturated carbocycles. The molecule has 1 aromatic rings. The van der Waals surface area contributed by atoms with Crippen molar-refractivity contribution in [3.8, 4) is 5.75 Å². The van der Waals surface area contributed by atoms with Crippen LogP contribution in [0.3, 0.4) is 0 Å². The summed E-state index contributed by atoms with van der Waals surface area (Å²) in [5, 5.41) is 3.66. The lowest BCUT2D eigenvalue weighted by Gasteiger charge is -2.37. The zero-order valence-electron chi connectivity index (χ0n) is 10.5. The van der Waals surface area contributed by atoms with Gasteiger partial charge in [0, 0.05) is 6.04 Å². The van der Waals surface area contributed by atoms with E-state index in [2.05, 4.69) is 29.6 Å². The van der Waals surface area contributed by atoms with Crippen molar-refractivity contribution < 1.29 is 4.74 Å². The molecule has 2 aliphatic carbocycles. The Labute approximate surface area is 103 Å². The average molecular weight is 231 g/mol. The molecule has 0 heterocycles. The Hall–Kier alpha value is -1.02. The van der Waals surface area contributed by atoms with Gasteiger partial charge in [-0.15, -0.1) is 0 Å². The first-order valence-electron chi connectivity index (χ1n) is 6.74.